The molecule has 1 fully saturated rings. The van der Waals surface area contributed by atoms with E-state index in [9.17, 15) is 9.59 Å². The number of furan rings is 1. The van der Waals surface area contributed by atoms with Gasteiger partial charge < -0.3 is 19.4 Å². The van der Waals surface area contributed by atoms with Crippen LogP contribution in [0.15, 0.2) is 77.4 Å². The van der Waals surface area contributed by atoms with E-state index >= 15 is 0 Å². The van der Waals surface area contributed by atoms with Crippen molar-refractivity contribution >= 4 is 11.8 Å². The molecule has 1 aliphatic heterocycles. The number of rotatable bonds is 6. The number of likely N-dealkylation sites (tertiary alicyclic amines) is 1. The molecule has 3 aromatic rings. The molecular formula is C24H24N2O4. The lowest BCUT2D eigenvalue weighted by Crippen LogP contribution is -2.46. The van der Waals surface area contributed by atoms with Gasteiger partial charge in [-0.3, -0.25) is 9.59 Å². The highest BCUT2D eigenvalue weighted by molar-refractivity contribution is 5.94. The Bertz CT molecular complexity index is 960. The van der Waals surface area contributed by atoms with Crippen molar-refractivity contribution < 1.29 is 18.7 Å². The lowest BCUT2D eigenvalue weighted by Gasteiger charge is -2.31. The smallest absolute Gasteiger partial charge is 0.289 e. The van der Waals surface area contributed by atoms with Crippen LogP contribution in [-0.2, 0) is 6.61 Å². The van der Waals surface area contributed by atoms with Crippen LogP contribution in [0, 0.1) is 0 Å². The molecule has 2 heterocycles. The van der Waals surface area contributed by atoms with Crippen molar-refractivity contribution in [2.45, 2.75) is 25.5 Å². The lowest BCUT2D eigenvalue weighted by molar-refractivity contribution is 0.0667. The number of hydrogen-bond acceptors (Lipinski definition) is 4. The lowest BCUT2D eigenvalue weighted by atomic mass is 10.0. The summed E-state index contributed by atoms with van der Waals surface area (Å²) in [7, 11) is 0. The molecular weight excluding hydrogens is 380 g/mol. The standard InChI is InChI=1S/C24H24N2O4/c27-23(19-8-10-21(11-9-19)30-17-18-5-2-1-3-6-18)25-20-12-14-26(15-13-20)24(28)22-7-4-16-29-22/h1-11,16,20H,12-15,17H2,(H,25,27). The maximum Gasteiger partial charge on any atom is 0.289 e. The summed E-state index contributed by atoms with van der Waals surface area (Å²) in [6, 6.07) is 20.5. The predicted molar refractivity (Wildman–Crippen MR) is 112 cm³/mol. The van der Waals surface area contributed by atoms with Crippen LogP contribution in [0.1, 0.15) is 39.3 Å². The van der Waals surface area contributed by atoms with Crippen LogP contribution >= 0.6 is 0 Å². The molecule has 0 radical (unpaired) electrons. The number of piperidine rings is 1. The van der Waals surface area contributed by atoms with Crippen molar-refractivity contribution in [1.82, 2.24) is 10.2 Å². The third kappa shape index (κ3) is 4.89. The Morgan fingerprint density at radius 2 is 1.70 bits per heavy atom. The summed E-state index contributed by atoms with van der Waals surface area (Å²) in [4.78, 5) is 26.6. The van der Waals surface area contributed by atoms with Crippen LogP contribution < -0.4 is 10.1 Å². The van der Waals surface area contributed by atoms with Crippen molar-refractivity contribution in [3.05, 3.63) is 89.9 Å². The Morgan fingerprint density at radius 1 is 0.967 bits per heavy atom. The van der Waals surface area contributed by atoms with E-state index in [1.54, 1.807) is 29.2 Å². The number of benzene rings is 2. The van der Waals surface area contributed by atoms with Gasteiger partial charge in [0.15, 0.2) is 5.76 Å². The molecule has 0 atom stereocenters. The quantitative estimate of drug-likeness (QED) is 0.677. The number of ether oxygens (including phenoxy) is 1. The number of carbonyl (C=O) groups excluding carboxylic acids is 2. The van der Waals surface area contributed by atoms with Gasteiger partial charge in [0.25, 0.3) is 11.8 Å². The molecule has 1 aliphatic rings. The summed E-state index contributed by atoms with van der Waals surface area (Å²) in [6.45, 7) is 1.68. The first-order chi connectivity index (χ1) is 14.7. The molecule has 4 rings (SSSR count). The number of carbonyl (C=O) groups is 2. The van der Waals surface area contributed by atoms with E-state index in [1.807, 2.05) is 42.5 Å². The van der Waals surface area contributed by atoms with Crippen molar-refractivity contribution in [2.75, 3.05) is 13.1 Å². The Morgan fingerprint density at radius 3 is 2.37 bits per heavy atom. The zero-order valence-corrected chi connectivity index (χ0v) is 16.6. The molecule has 0 spiro atoms. The average molecular weight is 404 g/mol. The molecule has 2 amide bonds. The SMILES string of the molecule is O=C(NC1CCN(C(=O)c2ccco2)CC1)c1ccc(OCc2ccccc2)cc1. The van der Waals surface area contributed by atoms with E-state index in [1.165, 1.54) is 6.26 Å². The van der Waals surface area contributed by atoms with E-state index in [-0.39, 0.29) is 17.9 Å². The minimum absolute atomic E-state index is 0.0483. The molecule has 6 heteroatoms. The van der Waals surface area contributed by atoms with Crippen molar-refractivity contribution in [3.8, 4) is 5.75 Å². The molecule has 6 nitrogen and oxygen atoms in total. The van der Waals surface area contributed by atoms with Crippen LogP contribution in [0.3, 0.4) is 0 Å². The topological polar surface area (TPSA) is 71.8 Å². The molecule has 1 N–H and O–H groups in total. The van der Waals surface area contributed by atoms with Gasteiger partial charge in [0.1, 0.15) is 12.4 Å². The maximum atomic E-state index is 12.6. The van der Waals surface area contributed by atoms with Gasteiger partial charge in [-0.2, -0.15) is 0 Å². The van der Waals surface area contributed by atoms with Crippen LogP contribution in [-0.4, -0.2) is 35.8 Å². The normalized spacial score (nSPS) is 14.3. The van der Waals surface area contributed by atoms with Gasteiger partial charge in [-0.1, -0.05) is 30.3 Å². The summed E-state index contributed by atoms with van der Waals surface area (Å²) in [5.41, 5.74) is 1.69. The molecule has 0 saturated carbocycles. The fourth-order valence-electron chi connectivity index (χ4n) is 3.50. The highest BCUT2D eigenvalue weighted by Gasteiger charge is 2.26. The Kier molecular flexibility index (Phi) is 6.13. The largest absolute Gasteiger partial charge is 0.489 e. The maximum absolute atomic E-state index is 12.6. The summed E-state index contributed by atoms with van der Waals surface area (Å²) in [5.74, 6) is 0.864. The summed E-state index contributed by atoms with van der Waals surface area (Å²) in [5, 5.41) is 3.07. The number of amides is 2. The molecule has 2 aromatic carbocycles. The van der Waals surface area contributed by atoms with Crippen LogP contribution in [0.2, 0.25) is 0 Å². The van der Waals surface area contributed by atoms with E-state index in [0.29, 0.717) is 31.0 Å². The minimum Gasteiger partial charge on any atom is -0.489 e. The second-order valence-electron chi connectivity index (χ2n) is 7.32. The summed E-state index contributed by atoms with van der Waals surface area (Å²) < 4.78 is 10.9. The van der Waals surface area contributed by atoms with Crippen LogP contribution in [0.4, 0.5) is 0 Å². The monoisotopic (exact) mass is 404 g/mol. The van der Waals surface area contributed by atoms with Gasteiger partial charge >= 0.3 is 0 Å². The first-order valence-electron chi connectivity index (χ1n) is 10.1. The molecule has 0 aliphatic carbocycles. The fourth-order valence-corrected chi connectivity index (χ4v) is 3.50. The first kappa shape index (κ1) is 19.8. The second kappa shape index (κ2) is 9.31. The molecule has 0 bridgehead atoms. The van der Waals surface area contributed by atoms with Crippen LogP contribution in [0.25, 0.3) is 0 Å². The highest BCUT2D eigenvalue weighted by Crippen LogP contribution is 2.17. The first-order valence-corrected chi connectivity index (χ1v) is 10.1. The third-order valence-corrected chi connectivity index (χ3v) is 5.21. The predicted octanol–water partition coefficient (Wildman–Crippen LogP) is 3.89. The second-order valence-corrected chi connectivity index (χ2v) is 7.32. The highest BCUT2D eigenvalue weighted by atomic mass is 16.5. The average Bonchev–Trinajstić information content (AvgIpc) is 3.34. The Labute approximate surface area is 175 Å². The van der Waals surface area contributed by atoms with Crippen molar-refractivity contribution in [2.24, 2.45) is 0 Å². The van der Waals surface area contributed by atoms with E-state index < -0.39 is 0 Å². The molecule has 0 unspecified atom stereocenters. The number of nitrogens with one attached hydrogen (secondary N) is 1. The summed E-state index contributed by atoms with van der Waals surface area (Å²) >= 11 is 0. The van der Waals surface area contributed by atoms with Gasteiger partial charge in [-0.05, 0) is 54.8 Å². The van der Waals surface area contributed by atoms with Gasteiger partial charge in [0, 0.05) is 24.7 Å². The third-order valence-electron chi connectivity index (χ3n) is 5.21. The van der Waals surface area contributed by atoms with Gasteiger partial charge in [0.2, 0.25) is 0 Å². The Hall–Kier alpha value is -3.54. The van der Waals surface area contributed by atoms with E-state index in [0.717, 1.165) is 24.2 Å². The fraction of sp³-hybridized carbons (Fsp3) is 0.250. The minimum atomic E-state index is -0.111. The van der Waals surface area contributed by atoms with E-state index in [2.05, 4.69) is 5.32 Å². The molecule has 154 valence electrons. The molecule has 1 saturated heterocycles. The zero-order chi connectivity index (χ0) is 20.8. The number of hydrogen-bond donors (Lipinski definition) is 1. The van der Waals surface area contributed by atoms with Crippen molar-refractivity contribution in [3.63, 3.8) is 0 Å². The molecule has 1 aromatic heterocycles. The zero-order valence-electron chi connectivity index (χ0n) is 16.6. The molecule has 30 heavy (non-hydrogen) atoms. The Balaban J connectivity index is 1.24. The van der Waals surface area contributed by atoms with Crippen molar-refractivity contribution in [1.29, 1.82) is 0 Å². The number of nitrogens with zero attached hydrogens (tertiary/aromatic N) is 1. The van der Waals surface area contributed by atoms with Gasteiger partial charge in [0.05, 0.1) is 6.26 Å². The van der Waals surface area contributed by atoms with E-state index in [4.69, 9.17) is 9.15 Å². The van der Waals surface area contributed by atoms with Crippen LogP contribution in [0.5, 0.6) is 5.75 Å². The van der Waals surface area contributed by atoms with Gasteiger partial charge in [-0.25, -0.2) is 0 Å². The summed E-state index contributed by atoms with van der Waals surface area (Å²) in [6.07, 6.45) is 2.94. The van der Waals surface area contributed by atoms with Gasteiger partial charge in [-0.15, -0.1) is 0 Å².